The summed E-state index contributed by atoms with van der Waals surface area (Å²) in [5, 5.41) is 3.39. The highest BCUT2D eigenvalue weighted by atomic mass is 16.5. The molecular weight excluding hydrogens is 126 g/mol. The first kappa shape index (κ1) is 6.62. The van der Waals surface area contributed by atoms with E-state index in [0.29, 0.717) is 0 Å². The monoisotopic (exact) mass is 141 g/mol. The largest absolute Gasteiger partial charge is 0.381 e. The maximum atomic E-state index is 5.34. The highest BCUT2D eigenvalue weighted by Gasteiger charge is 2.27. The Kier molecular flexibility index (Phi) is 1.91. The molecule has 2 saturated heterocycles. The van der Waals surface area contributed by atoms with E-state index < -0.39 is 0 Å². The normalized spacial score (nSPS) is 40.8. The summed E-state index contributed by atoms with van der Waals surface area (Å²) in [6.07, 6.45) is 2.67. The van der Waals surface area contributed by atoms with Crippen molar-refractivity contribution >= 4 is 0 Å². The van der Waals surface area contributed by atoms with E-state index in [-0.39, 0.29) is 0 Å². The number of rotatable bonds is 1. The van der Waals surface area contributed by atoms with Crippen LogP contribution in [0.15, 0.2) is 0 Å². The van der Waals surface area contributed by atoms with Crippen molar-refractivity contribution in [3.8, 4) is 0 Å². The standard InChI is InChI=1S/C8H15NO/c1-3-9-5-7(1)8-2-4-10-6-8/h7-9H,1-6H2/t7-,8-/m0/s1. The van der Waals surface area contributed by atoms with Gasteiger partial charge in [0, 0.05) is 13.2 Å². The SMILES string of the molecule is C1C[C@H]([C@H]2CCOC2)CN1. The Labute approximate surface area is 61.9 Å². The van der Waals surface area contributed by atoms with E-state index in [1.54, 1.807) is 0 Å². The summed E-state index contributed by atoms with van der Waals surface area (Å²) < 4.78 is 5.34. The third kappa shape index (κ3) is 1.18. The summed E-state index contributed by atoms with van der Waals surface area (Å²) >= 11 is 0. The third-order valence-corrected chi connectivity index (χ3v) is 2.73. The zero-order valence-corrected chi connectivity index (χ0v) is 6.31. The lowest BCUT2D eigenvalue weighted by Gasteiger charge is -2.13. The number of hydrogen-bond donors (Lipinski definition) is 1. The Morgan fingerprint density at radius 1 is 1.20 bits per heavy atom. The molecule has 2 fully saturated rings. The summed E-state index contributed by atoms with van der Waals surface area (Å²) in [6.45, 7) is 4.47. The van der Waals surface area contributed by atoms with Crippen molar-refractivity contribution in [3.05, 3.63) is 0 Å². The van der Waals surface area contributed by atoms with Gasteiger partial charge in [-0.1, -0.05) is 0 Å². The van der Waals surface area contributed by atoms with Gasteiger partial charge in [-0.2, -0.15) is 0 Å². The van der Waals surface area contributed by atoms with Gasteiger partial charge >= 0.3 is 0 Å². The Balaban J connectivity index is 1.85. The van der Waals surface area contributed by atoms with Crippen molar-refractivity contribution in [2.75, 3.05) is 26.3 Å². The van der Waals surface area contributed by atoms with Crippen LogP contribution in [0.3, 0.4) is 0 Å². The predicted octanol–water partition coefficient (Wildman–Crippen LogP) is 0.632. The summed E-state index contributed by atoms with van der Waals surface area (Å²) in [7, 11) is 0. The molecule has 2 aliphatic rings. The molecule has 0 saturated carbocycles. The molecule has 0 unspecified atom stereocenters. The minimum Gasteiger partial charge on any atom is -0.381 e. The maximum absolute atomic E-state index is 5.34. The van der Waals surface area contributed by atoms with Crippen LogP contribution in [0.2, 0.25) is 0 Å². The van der Waals surface area contributed by atoms with Gasteiger partial charge in [0.15, 0.2) is 0 Å². The summed E-state index contributed by atoms with van der Waals surface area (Å²) in [5.74, 6) is 1.79. The molecule has 2 nitrogen and oxygen atoms in total. The molecule has 0 aromatic carbocycles. The van der Waals surface area contributed by atoms with Gasteiger partial charge in [0.05, 0.1) is 0 Å². The lowest BCUT2D eigenvalue weighted by Crippen LogP contribution is -2.17. The van der Waals surface area contributed by atoms with Gasteiger partial charge in [-0.05, 0) is 37.8 Å². The molecule has 2 rings (SSSR count). The van der Waals surface area contributed by atoms with Crippen molar-refractivity contribution in [2.24, 2.45) is 11.8 Å². The van der Waals surface area contributed by atoms with Crippen LogP contribution in [0.5, 0.6) is 0 Å². The van der Waals surface area contributed by atoms with Crippen LogP contribution in [-0.2, 0) is 4.74 Å². The Bertz CT molecular complexity index is 89.8. The second-order valence-corrected chi connectivity index (χ2v) is 3.38. The molecule has 0 amide bonds. The second kappa shape index (κ2) is 2.89. The molecule has 2 aliphatic heterocycles. The van der Waals surface area contributed by atoms with E-state index in [4.69, 9.17) is 4.74 Å². The molecular formula is C8H15NO. The minimum atomic E-state index is 0.870. The first-order chi connectivity index (χ1) is 4.97. The molecule has 2 heteroatoms. The maximum Gasteiger partial charge on any atom is 0.0498 e. The van der Waals surface area contributed by atoms with Crippen molar-refractivity contribution in [1.29, 1.82) is 0 Å². The molecule has 2 atom stereocenters. The Morgan fingerprint density at radius 3 is 2.80 bits per heavy atom. The fraction of sp³-hybridized carbons (Fsp3) is 1.00. The minimum absolute atomic E-state index is 0.870. The fourth-order valence-electron chi connectivity index (χ4n) is 2.00. The van der Waals surface area contributed by atoms with E-state index in [9.17, 15) is 0 Å². The zero-order valence-electron chi connectivity index (χ0n) is 6.31. The van der Waals surface area contributed by atoms with E-state index in [1.165, 1.54) is 25.9 Å². The summed E-state index contributed by atoms with van der Waals surface area (Å²) in [6, 6.07) is 0. The van der Waals surface area contributed by atoms with Crippen LogP contribution in [0.1, 0.15) is 12.8 Å². The smallest absolute Gasteiger partial charge is 0.0498 e. The number of nitrogens with one attached hydrogen (secondary N) is 1. The zero-order chi connectivity index (χ0) is 6.81. The lowest BCUT2D eigenvalue weighted by molar-refractivity contribution is 0.174. The van der Waals surface area contributed by atoms with Gasteiger partial charge in [-0.15, -0.1) is 0 Å². The fourth-order valence-corrected chi connectivity index (χ4v) is 2.00. The van der Waals surface area contributed by atoms with Crippen LogP contribution in [0.25, 0.3) is 0 Å². The molecule has 0 spiro atoms. The average Bonchev–Trinajstić information content (AvgIpc) is 2.59. The molecule has 0 aromatic rings. The molecule has 0 aliphatic carbocycles. The van der Waals surface area contributed by atoms with Gasteiger partial charge in [-0.3, -0.25) is 0 Å². The van der Waals surface area contributed by atoms with Gasteiger partial charge in [0.1, 0.15) is 0 Å². The van der Waals surface area contributed by atoms with Gasteiger partial charge < -0.3 is 10.1 Å². The number of ether oxygens (including phenoxy) is 1. The van der Waals surface area contributed by atoms with Gasteiger partial charge in [-0.25, -0.2) is 0 Å². The van der Waals surface area contributed by atoms with Crippen molar-refractivity contribution in [1.82, 2.24) is 5.32 Å². The third-order valence-electron chi connectivity index (χ3n) is 2.73. The van der Waals surface area contributed by atoms with Crippen LogP contribution in [-0.4, -0.2) is 26.3 Å². The highest BCUT2D eigenvalue weighted by molar-refractivity contribution is 4.80. The van der Waals surface area contributed by atoms with E-state index in [0.717, 1.165) is 25.0 Å². The summed E-state index contributed by atoms with van der Waals surface area (Å²) in [4.78, 5) is 0. The Morgan fingerprint density at radius 2 is 2.20 bits per heavy atom. The van der Waals surface area contributed by atoms with Crippen LogP contribution in [0.4, 0.5) is 0 Å². The van der Waals surface area contributed by atoms with E-state index >= 15 is 0 Å². The van der Waals surface area contributed by atoms with Crippen LogP contribution in [0, 0.1) is 11.8 Å². The highest BCUT2D eigenvalue weighted by Crippen LogP contribution is 2.26. The first-order valence-corrected chi connectivity index (χ1v) is 4.25. The van der Waals surface area contributed by atoms with Gasteiger partial charge in [0.25, 0.3) is 0 Å². The van der Waals surface area contributed by atoms with E-state index in [2.05, 4.69) is 5.32 Å². The molecule has 1 N–H and O–H groups in total. The summed E-state index contributed by atoms with van der Waals surface area (Å²) in [5.41, 5.74) is 0. The predicted molar refractivity (Wildman–Crippen MR) is 39.9 cm³/mol. The molecule has 0 radical (unpaired) electrons. The average molecular weight is 141 g/mol. The van der Waals surface area contributed by atoms with Gasteiger partial charge in [0.2, 0.25) is 0 Å². The molecule has 0 bridgehead atoms. The molecule has 10 heavy (non-hydrogen) atoms. The molecule has 58 valence electrons. The van der Waals surface area contributed by atoms with Crippen LogP contribution < -0.4 is 5.32 Å². The Hall–Kier alpha value is -0.0800. The lowest BCUT2D eigenvalue weighted by atomic mass is 9.91. The van der Waals surface area contributed by atoms with Crippen LogP contribution >= 0.6 is 0 Å². The number of hydrogen-bond acceptors (Lipinski definition) is 2. The van der Waals surface area contributed by atoms with Crippen molar-refractivity contribution in [3.63, 3.8) is 0 Å². The molecule has 2 heterocycles. The van der Waals surface area contributed by atoms with Crippen molar-refractivity contribution in [2.45, 2.75) is 12.8 Å². The molecule has 0 aromatic heterocycles. The quantitative estimate of drug-likeness (QED) is 0.578. The van der Waals surface area contributed by atoms with Crippen molar-refractivity contribution < 1.29 is 4.74 Å². The van der Waals surface area contributed by atoms with E-state index in [1.807, 2.05) is 0 Å². The topological polar surface area (TPSA) is 21.3 Å². The first-order valence-electron chi connectivity index (χ1n) is 4.25. The second-order valence-electron chi connectivity index (χ2n) is 3.38.